The normalized spacial score (nSPS) is 12.2. The molecule has 1 aromatic carbocycles. The maximum atomic E-state index is 13.1. The zero-order valence-electron chi connectivity index (χ0n) is 18.4. The van der Waals surface area contributed by atoms with Crippen LogP contribution in [0.4, 0.5) is 5.95 Å². The smallest absolute Gasteiger partial charge is 0.330 e. The Hall–Kier alpha value is -3.97. The molecule has 2 N–H and O–H groups in total. The molecule has 0 bridgehead atoms. The second-order valence-electron chi connectivity index (χ2n) is 7.56. The lowest BCUT2D eigenvalue weighted by Gasteiger charge is -2.07. The number of nitrogens with two attached hydrogens (primary N) is 1. The number of anilines is 1. The Morgan fingerprint density at radius 2 is 1.85 bits per heavy atom. The first-order valence-corrected chi connectivity index (χ1v) is 11.9. The Morgan fingerprint density at radius 3 is 2.53 bits per heavy atom. The van der Waals surface area contributed by atoms with E-state index in [1.54, 1.807) is 31.2 Å². The first-order valence-electron chi connectivity index (χ1n) is 10.5. The SMILES string of the molecule is CCn1c(=O)n(CCOS(=O)(=O)c2ccc(C)cc2)c2nc(N)n3nc(-c4ccco4)nc3c21. The van der Waals surface area contributed by atoms with Crippen LogP contribution in [-0.4, -0.2) is 43.7 Å². The monoisotopic (exact) mass is 483 g/mol. The summed E-state index contributed by atoms with van der Waals surface area (Å²) < 4.78 is 39.7. The fourth-order valence-corrected chi connectivity index (χ4v) is 4.61. The van der Waals surface area contributed by atoms with Gasteiger partial charge in [-0.05, 0) is 38.1 Å². The Balaban J connectivity index is 1.53. The standard InChI is InChI=1S/C21H21N7O5S/c1-3-26-16-18(24-20(22)28-19(16)23-17(25-28)15-5-4-11-32-15)27(21(26)29)10-12-33-34(30,31)14-8-6-13(2)7-9-14/h4-9,11H,3,10,12H2,1-2H3,(H2,22,24). The third-order valence-corrected chi connectivity index (χ3v) is 6.70. The van der Waals surface area contributed by atoms with E-state index in [0.717, 1.165) is 5.56 Å². The van der Waals surface area contributed by atoms with Gasteiger partial charge in [-0.3, -0.25) is 13.3 Å². The fourth-order valence-electron chi connectivity index (χ4n) is 3.71. The van der Waals surface area contributed by atoms with Crippen molar-refractivity contribution in [2.75, 3.05) is 12.3 Å². The Bertz CT molecular complexity index is 1660. The highest BCUT2D eigenvalue weighted by Crippen LogP contribution is 2.23. The predicted octanol–water partition coefficient (Wildman–Crippen LogP) is 1.82. The van der Waals surface area contributed by atoms with Gasteiger partial charge in [0, 0.05) is 6.54 Å². The minimum Gasteiger partial charge on any atom is -0.461 e. The number of hydrogen-bond acceptors (Lipinski definition) is 9. The molecule has 4 heterocycles. The van der Waals surface area contributed by atoms with Crippen LogP contribution in [0, 0.1) is 6.92 Å². The number of rotatable bonds is 7. The van der Waals surface area contributed by atoms with Crippen molar-refractivity contribution >= 4 is 32.9 Å². The van der Waals surface area contributed by atoms with Gasteiger partial charge in [0.15, 0.2) is 17.1 Å². The van der Waals surface area contributed by atoms with Gasteiger partial charge in [-0.1, -0.05) is 17.7 Å². The maximum Gasteiger partial charge on any atom is 0.330 e. The summed E-state index contributed by atoms with van der Waals surface area (Å²) in [6, 6.07) is 9.73. The molecule has 0 atom stereocenters. The summed E-state index contributed by atoms with van der Waals surface area (Å²) in [5, 5.41) is 4.35. The Kier molecular flexibility index (Phi) is 5.21. The van der Waals surface area contributed by atoms with Crippen LogP contribution in [0.5, 0.6) is 0 Å². The van der Waals surface area contributed by atoms with Crippen LogP contribution in [-0.2, 0) is 27.4 Å². The van der Waals surface area contributed by atoms with Crippen molar-refractivity contribution in [3.8, 4) is 11.6 Å². The van der Waals surface area contributed by atoms with Gasteiger partial charge in [-0.25, -0.2) is 9.78 Å². The van der Waals surface area contributed by atoms with Crippen molar-refractivity contribution < 1.29 is 17.0 Å². The fraction of sp³-hybridized carbons (Fsp3) is 0.238. The molecule has 0 aliphatic heterocycles. The molecular formula is C21H21N7O5S. The molecule has 0 saturated carbocycles. The van der Waals surface area contributed by atoms with Crippen molar-refractivity contribution in [1.29, 1.82) is 0 Å². The van der Waals surface area contributed by atoms with E-state index in [4.69, 9.17) is 14.3 Å². The summed E-state index contributed by atoms with van der Waals surface area (Å²) in [4.78, 5) is 22.0. The highest BCUT2D eigenvalue weighted by Gasteiger charge is 2.23. The third kappa shape index (κ3) is 3.54. The molecule has 0 amide bonds. The summed E-state index contributed by atoms with van der Waals surface area (Å²) in [5.74, 6) is 0.750. The van der Waals surface area contributed by atoms with Gasteiger partial charge in [0.2, 0.25) is 11.8 Å². The van der Waals surface area contributed by atoms with Gasteiger partial charge >= 0.3 is 5.69 Å². The van der Waals surface area contributed by atoms with Crippen molar-refractivity contribution in [2.24, 2.45) is 0 Å². The number of nitrogens with zero attached hydrogens (tertiary/aromatic N) is 6. The molecule has 34 heavy (non-hydrogen) atoms. The molecule has 5 aromatic rings. The number of nitrogen functional groups attached to an aromatic ring is 1. The van der Waals surface area contributed by atoms with Gasteiger partial charge in [-0.15, -0.1) is 5.10 Å². The zero-order valence-corrected chi connectivity index (χ0v) is 19.2. The van der Waals surface area contributed by atoms with Crippen molar-refractivity contribution in [3.63, 3.8) is 0 Å². The number of imidazole rings is 1. The maximum absolute atomic E-state index is 13.1. The second-order valence-corrected chi connectivity index (χ2v) is 9.17. The molecule has 4 aromatic heterocycles. The van der Waals surface area contributed by atoms with Crippen molar-refractivity contribution in [3.05, 3.63) is 58.7 Å². The molecule has 176 valence electrons. The molecule has 13 heteroatoms. The summed E-state index contributed by atoms with van der Waals surface area (Å²) in [7, 11) is -3.98. The largest absolute Gasteiger partial charge is 0.461 e. The number of aromatic nitrogens is 6. The molecule has 0 radical (unpaired) electrons. The van der Waals surface area contributed by atoms with E-state index in [0.29, 0.717) is 29.3 Å². The number of hydrogen-bond donors (Lipinski definition) is 1. The molecule has 0 fully saturated rings. The summed E-state index contributed by atoms with van der Waals surface area (Å²) in [6.45, 7) is 3.66. The summed E-state index contributed by atoms with van der Waals surface area (Å²) in [6.07, 6.45) is 1.50. The van der Waals surface area contributed by atoms with Gasteiger partial charge in [-0.2, -0.15) is 17.9 Å². The van der Waals surface area contributed by atoms with Gasteiger partial charge in [0.25, 0.3) is 10.1 Å². The van der Waals surface area contributed by atoms with Crippen LogP contribution in [0.15, 0.2) is 56.8 Å². The molecule has 0 saturated heterocycles. The molecular weight excluding hydrogens is 462 g/mol. The Labute approximate surface area is 193 Å². The van der Waals surface area contributed by atoms with E-state index < -0.39 is 15.8 Å². The lowest BCUT2D eigenvalue weighted by molar-refractivity contribution is 0.300. The summed E-state index contributed by atoms with van der Waals surface area (Å²) in [5.41, 5.74) is 7.66. The summed E-state index contributed by atoms with van der Waals surface area (Å²) >= 11 is 0. The predicted molar refractivity (Wildman–Crippen MR) is 123 cm³/mol. The minimum absolute atomic E-state index is 0.0167. The average Bonchev–Trinajstić information content (AvgIpc) is 3.53. The van der Waals surface area contributed by atoms with E-state index in [9.17, 15) is 13.2 Å². The van der Waals surface area contributed by atoms with E-state index in [-0.39, 0.29) is 29.6 Å². The van der Waals surface area contributed by atoms with Gasteiger partial charge < -0.3 is 10.2 Å². The van der Waals surface area contributed by atoms with Gasteiger partial charge in [0.05, 0.1) is 24.3 Å². The van der Waals surface area contributed by atoms with E-state index >= 15 is 0 Å². The van der Waals surface area contributed by atoms with Crippen LogP contribution in [0.3, 0.4) is 0 Å². The molecule has 5 rings (SSSR count). The first-order chi connectivity index (χ1) is 16.3. The highest BCUT2D eigenvalue weighted by atomic mass is 32.2. The molecule has 0 unspecified atom stereocenters. The van der Waals surface area contributed by atoms with E-state index in [1.807, 2.05) is 6.92 Å². The van der Waals surface area contributed by atoms with Crippen LogP contribution >= 0.6 is 0 Å². The highest BCUT2D eigenvalue weighted by molar-refractivity contribution is 7.86. The number of aryl methyl sites for hydroxylation is 2. The van der Waals surface area contributed by atoms with Crippen LogP contribution in [0.2, 0.25) is 0 Å². The first kappa shape index (κ1) is 21.9. The zero-order chi connectivity index (χ0) is 24.0. The van der Waals surface area contributed by atoms with Gasteiger partial charge in [0.1, 0.15) is 5.52 Å². The lowest BCUT2D eigenvalue weighted by atomic mass is 10.2. The Morgan fingerprint density at radius 1 is 1.09 bits per heavy atom. The van der Waals surface area contributed by atoms with E-state index in [2.05, 4.69) is 15.1 Å². The third-order valence-electron chi connectivity index (χ3n) is 5.38. The van der Waals surface area contributed by atoms with Crippen molar-refractivity contribution in [2.45, 2.75) is 31.8 Å². The quantitative estimate of drug-likeness (QED) is 0.342. The number of fused-ring (bicyclic) bond motifs is 3. The number of benzene rings is 1. The van der Waals surface area contributed by atoms with E-state index in [1.165, 1.54) is 32.0 Å². The lowest BCUT2D eigenvalue weighted by Crippen LogP contribution is -2.26. The van der Waals surface area contributed by atoms with Crippen LogP contribution in [0.1, 0.15) is 12.5 Å². The van der Waals surface area contributed by atoms with Crippen LogP contribution in [0.25, 0.3) is 28.4 Å². The topological polar surface area (TPSA) is 153 Å². The number of furan rings is 1. The van der Waals surface area contributed by atoms with Crippen LogP contribution < -0.4 is 11.4 Å². The molecule has 12 nitrogen and oxygen atoms in total. The molecule has 0 aliphatic carbocycles. The molecule has 0 spiro atoms. The second kappa shape index (κ2) is 8.11. The minimum atomic E-state index is -3.98. The molecule has 0 aliphatic rings. The van der Waals surface area contributed by atoms with Crippen molar-refractivity contribution in [1.82, 2.24) is 28.7 Å². The average molecular weight is 484 g/mol.